The summed E-state index contributed by atoms with van der Waals surface area (Å²) in [6.07, 6.45) is 5.38. The number of hydroxylamine groups is 1. The summed E-state index contributed by atoms with van der Waals surface area (Å²) in [5.74, 6) is 0.159. The fourth-order valence-corrected chi connectivity index (χ4v) is 4.40. The first-order valence-corrected chi connectivity index (χ1v) is 10.2. The third kappa shape index (κ3) is 4.07. The molecule has 2 aliphatic carbocycles. The van der Waals surface area contributed by atoms with Crippen LogP contribution in [-0.2, 0) is 4.84 Å². The molecule has 1 radical (unpaired) electrons. The highest BCUT2D eigenvalue weighted by Gasteiger charge is 2.49. The maximum absolute atomic E-state index is 12.8. The molecular weight excluding hydrogens is 382 g/mol. The quantitative estimate of drug-likeness (QED) is 0.269. The zero-order valence-electron chi connectivity index (χ0n) is 16.5. The van der Waals surface area contributed by atoms with Gasteiger partial charge in [-0.15, -0.1) is 5.48 Å². The van der Waals surface area contributed by atoms with Crippen molar-refractivity contribution in [2.24, 2.45) is 17.8 Å². The van der Waals surface area contributed by atoms with Crippen LogP contribution in [0.25, 0.3) is 0 Å². The Balaban J connectivity index is 1.35. The van der Waals surface area contributed by atoms with Crippen LogP contribution in [-0.4, -0.2) is 34.6 Å². The van der Waals surface area contributed by atoms with E-state index in [1.54, 1.807) is 48.5 Å². The molecule has 1 saturated carbocycles. The summed E-state index contributed by atoms with van der Waals surface area (Å²) in [5.41, 5.74) is 3.91. The molecule has 6 nitrogen and oxygen atoms in total. The molecule has 155 valence electrons. The number of Topliss-reactive ketones (excluding diaryl/α,β-unsaturated/α-hetero) is 1. The fourth-order valence-electron chi connectivity index (χ4n) is 4.40. The van der Waals surface area contributed by atoms with Crippen molar-refractivity contribution in [1.29, 1.82) is 0 Å². The van der Waals surface area contributed by atoms with Gasteiger partial charge in [0.25, 0.3) is 0 Å². The smallest absolute Gasteiger partial charge is 0.395 e. The fraction of sp³-hybridized carbons (Fsp3) is 0.333. The number of ketones is 1. The van der Waals surface area contributed by atoms with Crippen LogP contribution in [0.3, 0.4) is 0 Å². The van der Waals surface area contributed by atoms with E-state index in [1.165, 1.54) is 0 Å². The normalized spacial score (nSPS) is 23.9. The molecule has 0 aromatic heterocycles. The molecule has 0 spiro atoms. The van der Waals surface area contributed by atoms with Gasteiger partial charge in [0.15, 0.2) is 0 Å². The molecule has 3 N–H and O–H groups in total. The summed E-state index contributed by atoms with van der Waals surface area (Å²) in [4.78, 5) is 30.2. The second kappa shape index (κ2) is 8.92. The van der Waals surface area contributed by atoms with E-state index in [0.717, 1.165) is 12.8 Å². The summed E-state index contributed by atoms with van der Waals surface area (Å²) >= 11 is 0. The topological polar surface area (TPSA) is 98.7 Å². The second-order valence-electron chi connectivity index (χ2n) is 7.91. The molecule has 6 heteroatoms. The molecular formula is C24H25NO5+. The van der Waals surface area contributed by atoms with Crippen molar-refractivity contribution in [3.05, 3.63) is 83.4 Å². The van der Waals surface area contributed by atoms with Gasteiger partial charge >= 0.3 is 11.8 Å². The Hall–Kier alpha value is -2.80. The maximum Gasteiger partial charge on any atom is 0.478 e. The average Bonchev–Trinajstić information content (AvgIpc) is 3.40. The molecule has 1 unspecified atom stereocenters. The van der Waals surface area contributed by atoms with Crippen molar-refractivity contribution >= 4 is 11.8 Å². The molecule has 0 heterocycles. The van der Waals surface area contributed by atoms with Crippen molar-refractivity contribution < 1.29 is 24.6 Å². The lowest BCUT2D eigenvalue weighted by Crippen LogP contribution is -2.39. The number of benzene rings is 2. The third-order valence-electron chi connectivity index (χ3n) is 6.09. The summed E-state index contributed by atoms with van der Waals surface area (Å²) in [6.45, 7) is -0.422. The number of carbonyl (C=O) groups is 2. The first-order chi connectivity index (χ1) is 14.6. The zero-order chi connectivity index (χ0) is 21.1. The van der Waals surface area contributed by atoms with Gasteiger partial charge in [0.05, 0.1) is 29.9 Å². The van der Waals surface area contributed by atoms with Crippen LogP contribution in [0.4, 0.5) is 0 Å². The Bertz CT molecular complexity index is 910. The average molecular weight is 407 g/mol. The number of aliphatic hydroxyl groups is 2. The van der Waals surface area contributed by atoms with Crippen LogP contribution in [0, 0.1) is 17.8 Å². The molecule has 2 bridgehead atoms. The Labute approximate surface area is 175 Å². The van der Waals surface area contributed by atoms with Crippen LogP contribution in [0.1, 0.15) is 45.2 Å². The lowest BCUT2D eigenvalue weighted by Gasteiger charge is -2.21. The third-order valence-corrected chi connectivity index (χ3v) is 6.09. The molecule has 2 aliphatic rings. The van der Waals surface area contributed by atoms with Gasteiger partial charge in [-0.25, -0.2) is 4.79 Å². The van der Waals surface area contributed by atoms with Gasteiger partial charge in [-0.1, -0.05) is 42.5 Å². The minimum Gasteiger partial charge on any atom is -0.395 e. The van der Waals surface area contributed by atoms with Crippen molar-refractivity contribution in [1.82, 2.24) is 5.48 Å². The predicted molar refractivity (Wildman–Crippen MR) is 110 cm³/mol. The largest absolute Gasteiger partial charge is 0.478 e. The van der Waals surface area contributed by atoms with E-state index in [-0.39, 0.29) is 17.3 Å². The minimum absolute atomic E-state index is 0.0225. The van der Waals surface area contributed by atoms with Gasteiger partial charge in [0.1, 0.15) is 5.92 Å². The van der Waals surface area contributed by atoms with Crippen molar-refractivity contribution in [2.45, 2.75) is 25.0 Å². The summed E-state index contributed by atoms with van der Waals surface area (Å²) in [5, 5.41) is 19.9. The minimum atomic E-state index is -1.04. The first-order valence-electron chi connectivity index (χ1n) is 10.2. The summed E-state index contributed by atoms with van der Waals surface area (Å²) in [6, 6.07) is 14.4. The van der Waals surface area contributed by atoms with E-state index in [0.29, 0.717) is 23.0 Å². The van der Waals surface area contributed by atoms with Crippen molar-refractivity contribution in [2.75, 3.05) is 6.61 Å². The number of hydrogen-bond acceptors (Lipinski definition) is 6. The number of rotatable bonds is 8. The van der Waals surface area contributed by atoms with Crippen LogP contribution < -0.4 is 5.48 Å². The number of hydrogen-bond donors (Lipinski definition) is 3. The highest BCUT2D eigenvalue weighted by Crippen LogP contribution is 2.45. The van der Waals surface area contributed by atoms with E-state index in [2.05, 4.69) is 17.6 Å². The van der Waals surface area contributed by atoms with E-state index < -0.39 is 24.7 Å². The van der Waals surface area contributed by atoms with Crippen molar-refractivity contribution in [3.63, 3.8) is 0 Å². The van der Waals surface area contributed by atoms with Crippen LogP contribution >= 0.6 is 0 Å². The molecule has 4 rings (SSSR count). The molecule has 5 atom stereocenters. The number of fused-ring (bicyclic) bond motifs is 2. The SMILES string of the molecule is O=C(ON[C@H](CO)[C@H](O)c1ccccc1)c1ccc(C(=[O+])C2[C@@H]3C=C[C@H]2CC3)cc1. The zero-order valence-corrected chi connectivity index (χ0v) is 16.5. The number of nitrogens with one attached hydrogen (secondary N) is 1. The van der Waals surface area contributed by atoms with Crippen LogP contribution in [0.15, 0.2) is 66.7 Å². The van der Waals surface area contributed by atoms with Gasteiger partial charge in [0, 0.05) is 0 Å². The van der Waals surface area contributed by atoms with Gasteiger partial charge in [0.2, 0.25) is 4.79 Å². The Kier molecular flexibility index (Phi) is 6.08. The van der Waals surface area contributed by atoms with Gasteiger partial charge < -0.3 is 15.1 Å². The highest BCUT2D eigenvalue weighted by atomic mass is 16.7. The molecule has 2 aromatic carbocycles. The van der Waals surface area contributed by atoms with Crippen LogP contribution in [0.2, 0.25) is 0 Å². The summed E-state index contributed by atoms with van der Waals surface area (Å²) < 4.78 is 0. The lowest BCUT2D eigenvalue weighted by molar-refractivity contribution is -0.0203. The van der Waals surface area contributed by atoms with Gasteiger partial charge in [-0.05, 0) is 54.5 Å². The molecule has 30 heavy (non-hydrogen) atoms. The lowest BCUT2D eigenvalue weighted by atomic mass is 9.88. The Morgan fingerprint density at radius 1 is 1.03 bits per heavy atom. The van der Waals surface area contributed by atoms with Gasteiger partial charge in [-0.2, -0.15) is 0 Å². The molecule has 0 aliphatic heterocycles. The molecule has 0 saturated heterocycles. The van der Waals surface area contributed by atoms with E-state index in [9.17, 15) is 19.8 Å². The molecule has 1 fully saturated rings. The number of aliphatic hydroxyl groups excluding tert-OH is 2. The number of allylic oxidation sites excluding steroid dienone is 2. The standard InChI is InChI=1S/C24H25NO5/c26-14-20(22(27)17-4-2-1-3-5-17)25-30-24(29)19-12-10-18(11-13-19)23(28)21-15-6-7-16(21)9-8-15/h1-7,10-13,15-16,20-22,25-27H,8-9,14H2/q+1/t15-,16+,20-,21?,22-/m1/s1. The van der Waals surface area contributed by atoms with E-state index in [4.69, 9.17) is 4.84 Å². The van der Waals surface area contributed by atoms with E-state index >= 15 is 0 Å². The summed E-state index contributed by atoms with van der Waals surface area (Å²) in [7, 11) is 0. The van der Waals surface area contributed by atoms with Gasteiger partial charge in [-0.3, -0.25) is 0 Å². The molecule has 0 amide bonds. The maximum atomic E-state index is 12.8. The molecule has 2 aromatic rings. The predicted octanol–water partition coefficient (Wildman–Crippen LogP) is 2.84. The van der Waals surface area contributed by atoms with Crippen molar-refractivity contribution in [3.8, 4) is 0 Å². The monoisotopic (exact) mass is 407 g/mol. The Morgan fingerprint density at radius 3 is 2.20 bits per heavy atom. The highest BCUT2D eigenvalue weighted by molar-refractivity contribution is 6.00. The second-order valence-corrected chi connectivity index (χ2v) is 7.91. The van der Waals surface area contributed by atoms with E-state index in [1.807, 2.05) is 6.07 Å². The number of carbonyl (C=O) groups excluding carboxylic acids is 2. The van der Waals surface area contributed by atoms with Crippen LogP contribution in [0.5, 0.6) is 0 Å². The first kappa shape index (κ1) is 20.5. The Morgan fingerprint density at radius 2 is 1.63 bits per heavy atom.